The fourth-order valence-electron chi connectivity index (χ4n) is 1.52. The average Bonchev–Trinajstić information content (AvgIpc) is 2.39. The monoisotopic (exact) mass is 450 g/mol. The number of rotatable bonds is 4. The summed E-state index contributed by atoms with van der Waals surface area (Å²) in [5.74, 6) is 0.737. The van der Waals surface area contributed by atoms with Gasteiger partial charge < -0.3 is 4.74 Å². The van der Waals surface area contributed by atoms with E-state index in [1.165, 1.54) is 0 Å². The Balaban J connectivity index is 2.15. The Morgan fingerprint density at radius 1 is 1.26 bits per heavy atom. The summed E-state index contributed by atoms with van der Waals surface area (Å²) in [6, 6.07) is 11.0. The van der Waals surface area contributed by atoms with Crippen LogP contribution in [0.4, 0.5) is 0 Å². The molecule has 0 fully saturated rings. The van der Waals surface area contributed by atoms with E-state index >= 15 is 0 Å². The smallest absolute Gasteiger partial charge is 0.150 e. The van der Waals surface area contributed by atoms with Crippen LogP contribution in [0, 0.1) is 3.57 Å². The van der Waals surface area contributed by atoms with E-state index in [1.807, 2.05) is 24.3 Å². The van der Waals surface area contributed by atoms with E-state index in [4.69, 9.17) is 16.3 Å². The summed E-state index contributed by atoms with van der Waals surface area (Å²) in [6.07, 6.45) is 0.815. The first-order valence-electron chi connectivity index (χ1n) is 5.41. The number of benzene rings is 2. The van der Waals surface area contributed by atoms with Gasteiger partial charge in [0.25, 0.3) is 0 Å². The number of hydrogen-bond donors (Lipinski definition) is 0. The quantitative estimate of drug-likeness (QED) is 0.478. The molecule has 0 heterocycles. The molecule has 0 amide bonds. The fraction of sp³-hybridized carbons (Fsp3) is 0.0714. The number of ether oxygens (including phenoxy) is 1. The van der Waals surface area contributed by atoms with Crippen molar-refractivity contribution < 1.29 is 9.53 Å². The third-order valence-corrected chi connectivity index (χ3v) is 4.10. The van der Waals surface area contributed by atoms with E-state index in [9.17, 15) is 4.79 Å². The molecule has 2 nitrogen and oxygen atoms in total. The molecule has 0 aliphatic heterocycles. The van der Waals surface area contributed by atoms with Crippen molar-refractivity contribution >= 4 is 56.4 Å². The summed E-state index contributed by atoms with van der Waals surface area (Å²) in [5, 5.41) is 0.704. The van der Waals surface area contributed by atoms with Crippen LogP contribution in [-0.4, -0.2) is 6.29 Å². The van der Waals surface area contributed by atoms with E-state index in [0.717, 1.165) is 25.6 Å². The molecule has 0 radical (unpaired) electrons. The van der Waals surface area contributed by atoms with Crippen molar-refractivity contribution in [3.63, 3.8) is 0 Å². The van der Waals surface area contributed by atoms with Gasteiger partial charge in [-0.2, -0.15) is 0 Å². The summed E-state index contributed by atoms with van der Waals surface area (Å²) in [7, 11) is 0. The molecule has 0 bridgehead atoms. The van der Waals surface area contributed by atoms with Crippen LogP contribution in [0.1, 0.15) is 15.9 Å². The van der Waals surface area contributed by atoms with Gasteiger partial charge in [-0.1, -0.05) is 23.7 Å². The van der Waals surface area contributed by atoms with Crippen LogP contribution in [0.2, 0.25) is 5.02 Å². The molecule has 19 heavy (non-hydrogen) atoms. The number of carbonyl (C=O) groups is 1. The van der Waals surface area contributed by atoms with Crippen molar-refractivity contribution in [3.8, 4) is 5.75 Å². The van der Waals surface area contributed by atoms with Gasteiger partial charge in [0.15, 0.2) is 0 Å². The lowest BCUT2D eigenvalue weighted by Crippen LogP contribution is -1.98. The molecule has 0 atom stereocenters. The van der Waals surface area contributed by atoms with Crippen molar-refractivity contribution in [2.24, 2.45) is 0 Å². The summed E-state index contributed by atoms with van der Waals surface area (Å²) in [6.45, 7) is 0.451. The first kappa shape index (κ1) is 14.8. The van der Waals surface area contributed by atoms with E-state index in [1.54, 1.807) is 12.1 Å². The standard InChI is InChI=1S/C14H9BrClIO2/c15-12-5-10(7-18)6-13(17)14(12)19-8-9-1-3-11(16)4-2-9/h1-7H,8H2. The molecular formula is C14H9BrClIO2. The molecule has 0 saturated heterocycles. The zero-order valence-corrected chi connectivity index (χ0v) is 14.2. The van der Waals surface area contributed by atoms with Gasteiger partial charge >= 0.3 is 0 Å². The number of aldehydes is 1. The Morgan fingerprint density at radius 3 is 2.53 bits per heavy atom. The van der Waals surface area contributed by atoms with Crippen LogP contribution in [0.15, 0.2) is 40.9 Å². The molecule has 2 rings (SSSR count). The lowest BCUT2D eigenvalue weighted by molar-refractivity contribution is 0.112. The minimum absolute atomic E-state index is 0.451. The second kappa shape index (κ2) is 6.72. The van der Waals surface area contributed by atoms with Crippen LogP contribution >= 0.6 is 50.1 Å². The molecule has 0 N–H and O–H groups in total. The minimum Gasteiger partial charge on any atom is -0.487 e. The molecule has 0 saturated carbocycles. The minimum atomic E-state index is 0.451. The molecule has 2 aromatic rings. The van der Waals surface area contributed by atoms with E-state index in [2.05, 4.69) is 38.5 Å². The van der Waals surface area contributed by atoms with Crippen molar-refractivity contribution in [2.75, 3.05) is 0 Å². The van der Waals surface area contributed by atoms with Gasteiger partial charge in [0, 0.05) is 10.6 Å². The molecule has 0 aromatic heterocycles. The summed E-state index contributed by atoms with van der Waals surface area (Å²) in [5.41, 5.74) is 1.65. The maximum Gasteiger partial charge on any atom is 0.150 e. The summed E-state index contributed by atoms with van der Waals surface area (Å²) < 4.78 is 7.44. The Bertz CT molecular complexity index is 576. The first-order chi connectivity index (χ1) is 9.10. The van der Waals surface area contributed by atoms with E-state index in [-0.39, 0.29) is 0 Å². The molecule has 0 aliphatic rings. The van der Waals surface area contributed by atoms with Crippen LogP contribution < -0.4 is 4.74 Å². The van der Waals surface area contributed by atoms with Crippen LogP contribution in [0.5, 0.6) is 5.75 Å². The van der Waals surface area contributed by atoms with Gasteiger partial charge in [-0.25, -0.2) is 0 Å². The second-order valence-electron chi connectivity index (χ2n) is 3.85. The van der Waals surface area contributed by atoms with Gasteiger partial charge in [-0.05, 0) is 68.3 Å². The SMILES string of the molecule is O=Cc1cc(Br)c(OCc2ccc(Cl)cc2)c(I)c1. The number of carbonyl (C=O) groups excluding carboxylic acids is 1. The van der Waals surface area contributed by atoms with Crippen molar-refractivity contribution in [1.82, 2.24) is 0 Å². The highest BCUT2D eigenvalue weighted by Gasteiger charge is 2.09. The molecule has 0 aliphatic carbocycles. The maximum absolute atomic E-state index is 10.8. The van der Waals surface area contributed by atoms with Crippen LogP contribution in [0.25, 0.3) is 0 Å². The highest BCUT2D eigenvalue weighted by atomic mass is 127. The van der Waals surface area contributed by atoms with Gasteiger partial charge in [0.05, 0.1) is 8.04 Å². The van der Waals surface area contributed by atoms with Crippen LogP contribution in [0.3, 0.4) is 0 Å². The Morgan fingerprint density at radius 2 is 1.95 bits per heavy atom. The largest absolute Gasteiger partial charge is 0.487 e. The Kier molecular flexibility index (Phi) is 5.24. The lowest BCUT2D eigenvalue weighted by Gasteiger charge is -2.11. The maximum atomic E-state index is 10.8. The number of hydrogen-bond acceptors (Lipinski definition) is 2. The third-order valence-electron chi connectivity index (χ3n) is 2.45. The van der Waals surface area contributed by atoms with Crippen molar-refractivity contribution in [2.45, 2.75) is 6.61 Å². The van der Waals surface area contributed by atoms with Gasteiger partial charge in [-0.3, -0.25) is 4.79 Å². The molecule has 0 unspecified atom stereocenters. The third kappa shape index (κ3) is 3.94. The number of halogens is 3. The van der Waals surface area contributed by atoms with E-state index < -0.39 is 0 Å². The highest BCUT2D eigenvalue weighted by Crippen LogP contribution is 2.32. The summed E-state index contributed by atoms with van der Waals surface area (Å²) in [4.78, 5) is 10.8. The molecule has 5 heteroatoms. The topological polar surface area (TPSA) is 26.3 Å². The molecule has 0 spiro atoms. The van der Waals surface area contributed by atoms with Gasteiger partial charge in [0.2, 0.25) is 0 Å². The zero-order chi connectivity index (χ0) is 13.8. The van der Waals surface area contributed by atoms with Crippen molar-refractivity contribution in [3.05, 3.63) is 60.6 Å². The predicted molar refractivity (Wildman–Crippen MR) is 88.0 cm³/mol. The predicted octanol–water partition coefficient (Wildman–Crippen LogP) is 5.10. The normalized spacial score (nSPS) is 10.3. The van der Waals surface area contributed by atoms with Crippen molar-refractivity contribution in [1.29, 1.82) is 0 Å². The highest BCUT2D eigenvalue weighted by molar-refractivity contribution is 14.1. The molecule has 2 aromatic carbocycles. The lowest BCUT2D eigenvalue weighted by atomic mass is 10.2. The van der Waals surface area contributed by atoms with E-state index in [0.29, 0.717) is 17.2 Å². The first-order valence-corrected chi connectivity index (χ1v) is 7.66. The average molecular weight is 451 g/mol. The van der Waals surface area contributed by atoms with Crippen LogP contribution in [-0.2, 0) is 6.61 Å². The van der Waals surface area contributed by atoms with Gasteiger partial charge in [-0.15, -0.1) is 0 Å². The molecular weight excluding hydrogens is 442 g/mol. The fourth-order valence-corrected chi connectivity index (χ4v) is 3.42. The molecule has 98 valence electrons. The Labute approximate surface area is 138 Å². The van der Waals surface area contributed by atoms with Gasteiger partial charge in [0.1, 0.15) is 18.6 Å². The Hall–Kier alpha value is -0.590. The summed E-state index contributed by atoms with van der Waals surface area (Å²) >= 11 is 11.4. The zero-order valence-electron chi connectivity index (χ0n) is 9.70. The second-order valence-corrected chi connectivity index (χ2v) is 6.30.